The number of Topliss-reactive ketones (excluding diaryl/α,β-unsaturated/α-hetero) is 1. The van der Waals surface area contributed by atoms with Crippen LogP contribution in [0.4, 0.5) is 0 Å². The first-order valence-electron chi connectivity index (χ1n) is 5.47. The number of benzene rings is 1. The number of carbonyl (C=O) groups excluding carboxylic acids is 1. The molecule has 4 heteroatoms. The molecule has 0 aliphatic heterocycles. The molecule has 0 radical (unpaired) electrons. The molecule has 0 unspecified atom stereocenters. The molecule has 0 saturated heterocycles. The molecule has 0 bridgehead atoms. The fourth-order valence-electron chi connectivity index (χ4n) is 1.64. The molecule has 1 aromatic heterocycles. The highest BCUT2D eigenvalue weighted by Gasteiger charge is 2.11. The second-order valence-electron chi connectivity index (χ2n) is 4.00. The third-order valence-electron chi connectivity index (χ3n) is 2.53. The maximum atomic E-state index is 12.1. The summed E-state index contributed by atoms with van der Waals surface area (Å²) in [6, 6.07) is 10.5. The van der Waals surface area contributed by atoms with Gasteiger partial charge in [-0.05, 0) is 42.8 Å². The number of pyridine rings is 1. The van der Waals surface area contributed by atoms with Crippen molar-refractivity contribution in [2.45, 2.75) is 13.3 Å². The topological polar surface area (TPSA) is 30.0 Å². The Kier molecular flexibility index (Phi) is 4.00. The maximum Gasteiger partial charge on any atom is 0.185 e. The highest BCUT2D eigenvalue weighted by Crippen LogP contribution is 2.22. The van der Waals surface area contributed by atoms with Crippen molar-refractivity contribution in [1.29, 1.82) is 0 Å². The smallest absolute Gasteiger partial charge is 0.185 e. The molecule has 0 N–H and O–H groups in total. The Morgan fingerprint density at radius 3 is 2.72 bits per heavy atom. The number of nitrogens with zero attached hydrogens (tertiary/aromatic N) is 1. The molecule has 2 aromatic rings. The molecule has 2 nitrogen and oxygen atoms in total. The molecule has 18 heavy (non-hydrogen) atoms. The Balaban J connectivity index is 2.24. The summed E-state index contributed by atoms with van der Waals surface area (Å²) in [5, 5.41) is 1.11. The summed E-state index contributed by atoms with van der Waals surface area (Å²) in [5.41, 5.74) is 1.99. The molecule has 2 rings (SSSR count). The predicted octanol–water partition coefficient (Wildman–Crippen LogP) is 4.12. The lowest BCUT2D eigenvalue weighted by Crippen LogP contribution is -2.07. The van der Waals surface area contributed by atoms with Gasteiger partial charge in [0, 0.05) is 22.2 Å². The van der Waals surface area contributed by atoms with Crippen LogP contribution in [0, 0.1) is 6.92 Å². The lowest BCUT2D eigenvalue weighted by molar-refractivity contribution is 0.0988. The molecular weight excluding hydrogens is 269 g/mol. The highest BCUT2D eigenvalue weighted by molar-refractivity contribution is 6.33. The zero-order chi connectivity index (χ0) is 13.1. The second-order valence-corrected chi connectivity index (χ2v) is 4.84. The minimum absolute atomic E-state index is 0.0668. The molecule has 92 valence electrons. The summed E-state index contributed by atoms with van der Waals surface area (Å²) in [6.45, 7) is 1.85. The van der Waals surface area contributed by atoms with Crippen LogP contribution in [0.15, 0.2) is 36.4 Å². The number of halogens is 2. The van der Waals surface area contributed by atoms with Gasteiger partial charge in [0.05, 0.1) is 0 Å². The zero-order valence-electron chi connectivity index (χ0n) is 9.78. The van der Waals surface area contributed by atoms with Gasteiger partial charge < -0.3 is 0 Å². The molecule has 0 fully saturated rings. The highest BCUT2D eigenvalue weighted by atomic mass is 35.5. The molecule has 0 spiro atoms. The molecule has 0 amide bonds. The van der Waals surface area contributed by atoms with E-state index in [1.807, 2.05) is 19.1 Å². The van der Waals surface area contributed by atoms with E-state index in [1.165, 1.54) is 0 Å². The summed E-state index contributed by atoms with van der Waals surface area (Å²) >= 11 is 11.9. The van der Waals surface area contributed by atoms with Crippen molar-refractivity contribution in [2.24, 2.45) is 0 Å². The normalized spacial score (nSPS) is 10.4. The molecular formula is C14H11Cl2NO. The van der Waals surface area contributed by atoms with Crippen molar-refractivity contribution in [3.63, 3.8) is 0 Å². The Hall–Kier alpha value is -1.38. The maximum absolute atomic E-state index is 12.1. The third kappa shape index (κ3) is 3.09. The monoisotopic (exact) mass is 279 g/mol. The number of aromatic nitrogens is 1. The zero-order valence-corrected chi connectivity index (χ0v) is 11.3. The first-order valence-corrected chi connectivity index (χ1v) is 6.22. The van der Waals surface area contributed by atoms with Crippen LogP contribution in [-0.4, -0.2) is 10.8 Å². The third-order valence-corrected chi connectivity index (χ3v) is 3.14. The number of rotatable bonds is 3. The quantitative estimate of drug-likeness (QED) is 0.791. The van der Waals surface area contributed by atoms with Crippen LogP contribution in [0.5, 0.6) is 0 Å². The first kappa shape index (κ1) is 13.1. The van der Waals surface area contributed by atoms with Gasteiger partial charge in [-0.3, -0.25) is 9.78 Å². The minimum Gasteiger partial charge on any atom is -0.292 e. The van der Waals surface area contributed by atoms with Gasteiger partial charge >= 0.3 is 0 Å². The minimum atomic E-state index is -0.0668. The average molecular weight is 280 g/mol. The number of carbonyl (C=O) groups is 1. The van der Waals surface area contributed by atoms with Crippen LogP contribution in [-0.2, 0) is 6.42 Å². The largest absolute Gasteiger partial charge is 0.292 e. The van der Waals surface area contributed by atoms with Crippen molar-refractivity contribution in [3.05, 3.63) is 63.4 Å². The predicted molar refractivity (Wildman–Crippen MR) is 73.5 cm³/mol. The summed E-state index contributed by atoms with van der Waals surface area (Å²) < 4.78 is 0. The Morgan fingerprint density at radius 1 is 1.22 bits per heavy atom. The number of hydrogen-bond donors (Lipinski definition) is 0. The van der Waals surface area contributed by atoms with Crippen LogP contribution >= 0.6 is 23.2 Å². The second kappa shape index (κ2) is 5.51. The van der Waals surface area contributed by atoms with E-state index in [0.29, 0.717) is 15.7 Å². The Labute approximate surface area is 116 Å². The van der Waals surface area contributed by atoms with Gasteiger partial charge in [-0.25, -0.2) is 0 Å². The van der Waals surface area contributed by atoms with E-state index in [9.17, 15) is 4.79 Å². The van der Waals surface area contributed by atoms with Crippen molar-refractivity contribution in [3.8, 4) is 0 Å². The van der Waals surface area contributed by atoms with Gasteiger partial charge in [0.15, 0.2) is 5.78 Å². The fourth-order valence-corrected chi connectivity index (χ4v) is 2.02. The van der Waals surface area contributed by atoms with E-state index in [-0.39, 0.29) is 12.2 Å². The van der Waals surface area contributed by atoms with Gasteiger partial charge in [0.2, 0.25) is 0 Å². The molecule has 1 heterocycles. The van der Waals surface area contributed by atoms with Crippen molar-refractivity contribution >= 4 is 29.0 Å². The summed E-state index contributed by atoms with van der Waals surface area (Å²) in [7, 11) is 0. The van der Waals surface area contributed by atoms with Gasteiger partial charge in [-0.15, -0.1) is 0 Å². The van der Waals surface area contributed by atoms with Crippen molar-refractivity contribution < 1.29 is 4.79 Å². The summed E-state index contributed by atoms with van der Waals surface area (Å²) in [5.74, 6) is -0.0668. The summed E-state index contributed by atoms with van der Waals surface area (Å²) in [6.07, 6.45) is 0.204. The number of hydrogen-bond acceptors (Lipinski definition) is 2. The van der Waals surface area contributed by atoms with E-state index >= 15 is 0 Å². The van der Waals surface area contributed by atoms with Crippen LogP contribution in [0.25, 0.3) is 0 Å². The van der Waals surface area contributed by atoms with E-state index in [1.54, 1.807) is 24.3 Å². The van der Waals surface area contributed by atoms with Gasteiger partial charge in [0.1, 0.15) is 5.69 Å². The van der Waals surface area contributed by atoms with Crippen molar-refractivity contribution in [1.82, 2.24) is 4.98 Å². The SMILES string of the molecule is Cc1cccc(C(=O)Cc2cc(Cl)ccc2Cl)n1. The van der Waals surface area contributed by atoms with Gasteiger partial charge in [-0.2, -0.15) is 0 Å². The lowest BCUT2D eigenvalue weighted by atomic mass is 10.1. The van der Waals surface area contributed by atoms with E-state index in [0.717, 1.165) is 11.3 Å². The van der Waals surface area contributed by atoms with E-state index in [2.05, 4.69) is 4.98 Å². The molecule has 0 atom stereocenters. The van der Waals surface area contributed by atoms with E-state index in [4.69, 9.17) is 23.2 Å². The van der Waals surface area contributed by atoms with Crippen LogP contribution in [0.1, 0.15) is 21.7 Å². The van der Waals surface area contributed by atoms with E-state index < -0.39 is 0 Å². The Morgan fingerprint density at radius 2 is 2.00 bits per heavy atom. The van der Waals surface area contributed by atoms with Gasteiger partial charge in [-0.1, -0.05) is 29.3 Å². The number of aryl methyl sites for hydroxylation is 1. The fraction of sp³-hybridized carbons (Fsp3) is 0.143. The van der Waals surface area contributed by atoms with Crippen LogP contribution in [0.3, 0.4) is 0 Å². The molecule has 0 aliphatic carbocycles. The van der Waals surface area contributed by atoms with Crippen LogP contribution < -0.4 is 0 Å². The molecule has 0 saturated carbocycles. The van der Waals surface area contributed by atoms with Crippen LogP contribution in [0.2, 0.25) is 10.0 Å². The lowest BCUT2D eigenvalue weighted by Gasteiger charge is -2.04. The number of ketones is 1. The Bertz CT molecular complexity index is 596. The van der Waals surface area contributed by atoms with Gasteiger partial charge in [0.25, 0.3) is 0 Å². The van der Waals surface area contributed by atoms with Crippen molar-refractivity contribution in [2.75, 3.05) is 0 Å². The summed E-state index contributed by atoms with van der Waals surface area (Å²) in [4.78, 5) is 16.3. The standard InChI is InChI=1S/C14H11Cl2NO/c1-9-3-2-4-13(17-9)14(18)8-10-7-11(15)5-6-12(10)16/h2-7H,8H2,1H3. The molecule has 0 aliphatic rings. The average Bonchev–Trinajstić information content (AvgIpc) is 2.34. The first-order chi connectivity index (χ1) is 8.56. The molecule has 1 aromatic carbocycles.